The fraction of sp³-hybridized carbons (Fsp3) is 0.737. The Balaban J connectivity index is 1.96. The minimum atomic E-state index is -3.93. The van der Waals surface area contributed by atoms with Crippen molar-refractivity contribution in [2.24, 2.45) is 23.7 Å². The van der Waals surface area contributed by atoms with Crippen molar-refractivity contribution in [3.63, 3.8) is 0 Å². The number of fused-ring (bicyclic) bond motifs is 1. The average molecular weight is 691 g/mol. The second kappa shape index (κ2) is 14.8. The van der Waals surface area contributed by atoms with Crippen molar-refractivity contribution in [1.29, 1.82) is 0 Å². The minimum Gasteiger partial charge on any atom is -0.413 e. The predicted octanol–water partition coefficient (Wildman–Crippen LogP) is 10.8. The lowest BCUT2D eigenvalue weighted by Gasteiger charge is -2.40. The third-order valence-corrected chi connectivity index (χ3v) is 21.9. The molecule has 0 saturated heterocycles. The lowest BCUT2D eigenvalue weighted by Crippen LogP contribution is -2.45. The minimum absolute atomic E-state index is 0.000503. The van der Waals surface area contributed by atoms with Gasteiger partial charge in [0.15, 0.2) is 16.6 Å². The molecule has 46 heavy (non-hydrogen) atoms. The van der Waals surface area contributed by atoms with Gasteiger partial charge >= 0.3 is 0 Å². The molecule has 0 aliphatic heterocycles. The quantitative estimate of drug-likeness (QED) is 0.110. The lowest BCUT2D eigenvalue weighted by atomic mass is 9.89. The van der Waals surface area contributed by atoms with Crippen molar-refractivity contribution >= 4 is 26.8 Å². The monoisotopic (exact) mass is 690 g/mol. The van der Waals surface area contributed by atoms with Crippen LogP contribution in [0.5, 0.6) is 0 Å². The average Bonchev–Trinajstić information content (AvgIpc) is 3.38. The van der Waals surface area contributed by atoms with Crippen molar-refractivity contribution in [2.75, 3.05) is 0 Å². The second-order valence-electron chi connectivity index (χ2n) is 17.5. The van der Waals surface area contributed by atoms with Gasteiger partial charge in [0.25, 0.3) is 10.1 Å². The van der Waals surface area contributed by atoms with E-state index in [2.05, 4.69) is 100 Å². The fourth-order valence-electron chi connectivity index (χ4n) is 6.54. The first-order valence-corrected chi connectivity index (χ1v) is 24.9. The number of aryl methyl sites for hydroxylation is 1. The molecule has 1 unspecified atom stereocenters. The number of rotatable bonds is 14. The maximum Gasteiger partial charge on any atom is 0.297 e. The first kappa shape index (κ1) is 39.4. The molecule has 2 aliphatic carbocycles. The highest BCUT2D eigenvalue weighted by atomic mass is 32.2. The van der Waals surface area contributed by atoms with Gasteiger partial charge in [-0.1, -0.05) is 111 Å². The SMILES string of the molecule is C=C1C[C@@H]2[C@H](/C=C/[C@H](C[C@H](C)CCCC)O[Si](C)(C)C(C)(C)C)[C@H](O[Si](C)(C)C(C)(C)C)C[C@@H]2C1OS(=O)(=O)c1ccc(C)cc1. The summed E-state index contributed by atoms with van der Waals surface area (Å²) in [5, 5.41) is 0.185. The van der Waals surface area contributed by atoms with Gasteiger partial charge in [-0.25, -0.2) is 0 Å². The van der Waals surface area contributed by atoms with Gasteiger partial charge in [0.2, 0.25) is 0 Å². The molecular formula is C38H66O5SSi2. The highest BCUT2D eigenvalue weighted by Crippen LogP contribution is 2.54. The molecule has 0 heterocycles. The van der Waals surface area contributed by atoms with Gasteiger partial charge in [0, 0.05) is 5.92 Å². The first-order chi connectivity index (χ1) is 21.0. The molecule has 2 fully saturated rings. The van der Waals surface area contributed by atoms with Crippen LogP contribution >= 0.6 is 0 Å². The zero-order chi connectivity index (χ0) is 34.9. The fourth-order valence-corrected chi connectivity index (χ4v) is 10.3. The largest absolute Gasteiger partial charge is 0.413 e. The third-order valence-electron chi connectivity index (χ3n) is 11.5. The van der Waals surface area contributed by atoms with Crippen molar-refractivity contribution < 1.29 is 21.5 Å². The van der Waals surface area contributed by atoms with Gasteiger partial charge in [-0.15, -0.1) is 0 Å². The molecule has 0 aromatic heterocycles. The van der Waals surface area contributed by atoms with Gasteiger partial charge in [-0.3, -0.25) is 4.18 Å². The van der Waals surface area contributed by atoms with E-state index in [-0.39, 0.29) is 44.9 Å². The summed E-state index contributed by atoms with van der Waals surface area (Å²) < 4.78 is 47.2. The summed E-state index contributed by atoms with van der Waals surface area (Å²) >= 11 is 0. The van der Waals surface area contributed by atoms with Gasteiger partial charge in [-0.05, 0) is 97.9 Å². The summed E-state index contributed by atoms with van der Waals surface area (Å²) in [6, 6.07) is 6.89. The Bertz CT molecular complexity index is 1300. The molecule has 1 aromatic carbocycles. The smallest absolute Gasteiger partial charge is 0.297 e. The van der Waals surface area contributed by atoms with Crippen molar-refractivity contribution in [3.8, 4) is 0 Å². The maximum atomic E-state index is 13.4. The molecule has 0 amide bonds. The summed E-state index contributed by atoms with van der Waals surface area (Å²) in [6.07, 6.45) is 10.4. The number of benzene rings is 1. The highest BCUT2D eigenvalue weighted by molar-refractivity contribution is 7.86. The third kappa shape index (κ3) is 9.56. The van der Waals surface area contributed by atoms with E-state index in [0.29, 0.717) is 5.92 Å². The lowest BCUT2D eigenvalue weighted by molar-refractivity contribution is 0.138. The van der Waals surface area contributed by atoms with Crippen LogP contribution in [0.4, 0.5) is 0 Å². The van der Waals surface area contributed by atoms with Crippen LogP contribution < -0.4 is 0 Å². The topological polar surface area (TPSA) is 61.8 Å². The molecule has 0 radical (unpaired) electrons. The molecule has 8 heteroatoms. The van der Waals surface area contributed by atoms with Crippen LogP contribution in [0.25, 0.3) is 0 Å². The normalized spacial score (nSPS) is 26.1. The Morgan fingerprint density at radius 2 is 1.57 bits per heavy atom. The van der Waals surface area contributed by atoms with E-state index in [1.807, 2.05) is 19.1 Å². The molecule has 0 N–H and O–H groups in total. The summed E-state index contributed by atoms with van der Waals surface area (Å²) in [5.41, 5.74) is 1.88. The summed E-state index contributed by atoms with van der Waals surface area (Å²) in [7, 11) is -8.05. The molecular weight excluding hydrogens is 625 g/mol. The van der Waals surface area contributed by atoms with Crippen molar-refractivity contribution in [2.45, 2.75) is 160 Å². The number of hydrogen-bond acceptors (Lipinski definition) is 5. The maximum absolute atomic E-state index is 13.4. The van der Waals surface area contributed by atoms with E-state index >= 15 is 0 Å². The van der Waals surface area contributed by atoms with E-state index in [9.17, 15) is 8.42 Å². The van der Waals surface area contributed by atoms with Gasteiger partial charge < -0.3 is 8.85 Å². The van der Waals surface area contributed by atoms with E-state index < -0.39 is 32.9 Å². The number of hydrogen-bond donors (Lipinski definition) is 0. The molecule has 5 nitrogen and oxygen atoms in total. The van der Waals surface area contributed by atoms with Crippen molar-refractivity contribution in [1.82, 2.24) is 0 Å². The Kier molecular flexibility index (Phi) is 12.7. The molecule has 3 rings (SSSR count). The van der Waals surface area contributed by atoms with E-state index in [4.69, 9.17) is 13.0 Å². The van der Waals surface area contributed by atoms with E-state index in [1.54, 1.807) is 12.1 Å². The van der Waals surface area contributed by atoms with Crippen LogP contribution in [0.15, 0.2) is 53.5 Å². The molecule has 2 saturated carbocycles. The number of unbranched alkanes of at least 4 members (excludes halogenated alkanes) is 1. The standard InChI is InChI=1S/C38H66O5SSi2/c1-15-16-17-28(3)24-30(42-45(11,12)37(5,6)7)20-23-32-33-25-29(4)36(41-44(39,40)31-21-18-27(2)19-22-31)34(33)26-35(32)43-46(13,14)38(8,9)10/h18-23,28,30,32-36H,4,15-17,24-26H2,1-3,5-14H3/b23-20+/t28-,30-,32+,33-,34+,35-,36?/m1/s1. The summed E-state index contributed by atoms with van der Waals surface area (Å²) in [6.45, 7) is 34.0. The molecule has 0 spiro atoms. The van der Waals surface area contributed by atoms with Gasteiger partial charge in [-0.2, -0.15) is 8.42 Å². The summed E-state index contributed by atoms with van der Waals surface area (Å²) in [5.74, 6) is 0.956. The Morgan fingerprint density at radius 1 is 0.978 bits per heavy atom. The Labute approximate surface area is 285 Å². The predicted molar refractivity (Wildman–Crippen MR) is 199 cm³/mol. The van der Waals surface area contributed by atoms with Gasteiger partial charge in [0.05, 0.1) is 17.1 Å². The van der Waals surface area contributed by atoms with Gasteiger partial charge in [0.1, 0.15) is 6.10 Å². The molecule has 1 aromatic rings. The Morgan fingerprint density at radius 3 is 2.11 bits per heavy atom. The second-order valence-corrected chi connectivity index (χ2v) is 28.6. The van der Waals surface area contributed by atoms with E-state index in [0.717, 1.165) is 30.4 Å². The molecule has 7 atom stereocenters. The zero-order valence-electron chi connectivity index (χ0n) is 31.4. The Hall–Kier alpha value is -1.04. The van der Waals surface area contributed by atoms with Crippen LogP contribution in [0.2, 0.25) is 36.3 Å². The highest BCUT2D eigenvalue weighted by Gasteiger charge is 2.54. The van der Waals surface area contributed by atoms with Crippen LogP contribution in [0.1, 0.15) is 99.5 Å². The zero-order valence-corrected chi connectivity index (χ0v) is 34.2. The molecule has 0 bridgehead atoms. The summed E-state index contributed by atoms with van der Waals surface area (Å²) in [4.78, 5) is 0.195. The van der Waals surface area contributed by atoms with E-state index in [1.165, 1.54) is 19.3 Å². The van der Waals surface area contributed by atoms with Crippen LogP contribution in [-0.4, -0.2) is 43.4 Å². The van der Waals surface area contributed by atoms with Crippen LogP contribution in [0, 0.1) is 30.6 Å². The molecule has 262 valence electrons. The first-order valence-electron chi connectivity index (χ1n) is 17.7. The molecule has 2 aliphatic rings. The van der Waals surface area contributed by atoms with Crippen LogP contribution in [-0.2, 0) is 23.2 Å². The van der Waals surface area contributed by atoms with Crippen molar-refractivity contribution in [3.05, 3.63) is 54.1 Å². The van der Waals surface area contributed by atoms with Crippen LogP contribution in [0.3, 0.4) is 0 Å².